The van der Waals surface area contributed by atoms with E-state index < -0.39 is 10.0 Å². The molecule has 1 aliphatic rings. The Morgan fingerprint density at radius 1 is 1.33 bits per heavy atom. The Morgan fingerprint density at radius 3 is 2.44 bits per heavy atom. The van der Waals surface area contributed by atoms with Crippen molar-refractivity contribution in [2.75, 3.05) is 17.7 Å². The topological polar surface area (TPSA) is 118 Å². The molecule has 0 radical (unpaired) electrons. The molecule has 0 aliphatic heterocycles. The molecular formula is C11H17N3O3S. The Balaban J connectivity index is 2.31. The number of primary sulfonamides is 1. The predicted molar refractivity (Wildman–Crippen MR) is 69.5 cm³/mol. The molecule has 0 amide bonds. The molecule has 1 aromatic carbocycles. The van der Waals surface area contributed by atoms with Gasteiger partial charge in [0.15, 0.2) is 0 Å². The van der Waals surface area contributed by atoms with Gasteiger partial charge in [0.25, 0.3) is 0 Å². The number of rotatable bonds is 4. The van der Waals surface area contributed by atoms with Crippen LogP contribution in [0.25, 0.3) is 0 Å². The van der Waals surface area contributed by atoms with Gasteiger partial charge in [0.05, 0.1) is 17.0 Å². The highest BCUT2D eigenvalue weighted by Gasteiger charge is 2.36. The third-order valence-electron chi connectivity index (χ3n) is 3.28. The number of sulfonamides is 1. The largest absolute Gasteiger partial charge is 0.399 e. The Labute approximate surface area is 106 Å². The highest BCUT2D eigenvalue weighted by molar-refractivity contribution is 7.89. The average molecular weight is 271 g/mol. The van der Waals surface area contributed by atoms with Gasteiger partial charge < -0.3 is 16.2 Å². The standard InChI is InChI=1S/C11H17N3O3S/c12-8-4-9(6-10(5-8)18(13,16)17)14-11(7-15)2-1-3-11/h4-6,14-15H,1-3,7,12H2,(H2,13,16,17). The van der Waals surface area contributed by atoms with Gasteiger partial charge >= 0.3 is 0 Å². The summed E-state index contributed by atoms with van der Waals surface area (Å²) in [6.07, 6.45) is 2.74. The van der Waals surface area contributed by atoms with Crippen molar-refractivity contribution >= 4 is 21.4 Å². The van der Waals surface area contributed by atoms with Crippen molar-refractivity contribution in [3.63, 3.8) is 0 Å². The Morgan fingerprint density at radius 2 is 2.00 bits per heavy atom. The fourth-order valence-electron chi connectivity index (χ4n) is 2.09. The summed E-state index contributed by atoms with van der Waals surface area (Å²) in [7, 11) is -3.78. The molecule has 0 unspecified atom stereocenters. The fourth-order valence-corrected chi connectivity index (χ4v) is 2.68. The van der Waals surface area contributed by atoms with E-state index in [9.17, 15) is 13.5 Å². The van der Waals surface area contributed by atoms with Crippen LogP contribution in [0.4, 0.5) is 11.4 Å². The second-order valence-electron chi connectivity index (χ2n) is 4.75. The minimum Gasteiger partial charge on any atom is -0.399 e. The van der Waals surface area contributed by atoms with Crippen LogP contribution in [0, 0.1) is 0 Å². The predicted octanol–water partition coefficient (Wildman–Crippen LogP) is 0.243. The van der Waals surface area contributed by atoms with Crippen molar-refractivity contribution in [3.8, 4) is 0 Å². The van der Waals surface area contributed by atoms with Crippen LogP contribution in [-0.2, 0) is 10.0 Å². The van der Waals surface area contributed by atoms with Crippen molar-refractivity contribution in [2.24, 2.45) is 5.14 Å². The zero-order valence-corrected chi connectivity index (χ0v) is 10.7. The monoisotopic (exact) mass is 271 g/mol. The first-order valence-corrected chi connectivity index (χ1v) is 7.22. The van der Waals surface area contributed by atoms with Gasteiger partial charge in [0, 0.05) is 11.4 Å². The lowest BCUT2D eigenvalue weighted by atomic mass is 9.77. The van der Waals surface area contributed by atoms with Crippen LogP contribution < -0.4 is 16.2 Å². The number of nitrogen functional groups attached to an aromatic ring is 1. The van der Waals surface area contributed by atoms with Gasteiger partial charge in [-0.1, -0.05) is 0 Å². The summed E-state index contributed by atoms with van der Waals surface area (Å²) >= 11 is 0. The van der Waals surface area contributed by atoms with Crippen LogP contribution in [0.5, 0.6) is 0 Å². The maximum Gasteiger partial charge on any atom is 0.238 e. The summed E-state index contributed by atoms with van der Waals surface area (Å²) in [6, 6.07) is 4.37. The molecule has 0 heterocycles. The second kappa shape index (κ2) is 4.42. The van der Waals surface area contributed by atoms with Crippen LogP contribution >= 0.6 is 0 Å². The zero-order valence-electron chi connectivity index (χ0n) is 9.89. The van der Waals surface area contributed by atoms with Crippen LogP contribution in [0.2, 0.25) is 0 Å². The lowest BCUT2D eigenvalue weighted by molar-refractivity contribution is 0.144. The fraction of sp³-hybridized carbons (Fsp3) is 0.455. The average Bonchev–Trinajstić information content (AvgIpc) is 2.21. The number of aliphatic hydroxyl groups is 1. The molecule has 1 saturated carbocycles. The lowest BCUT2D eigenvalue weighted by Gasteiger charge is -2.42. The van der Waals surface area contributed by atoms with E-state index in [2.05, 4.69) is 5.32 Å². The third-order valence-corrected chi connectivity index (χ3v) is 4.17. The number of hydrogen-bond acceptors (Lipinski definition) is 5. The summed E-state index contributed by atoms with van der Waals surface area (Å²) in [5.41, 5.74) is 6.17. The molecular weight excluding hydrogens is 254 g/mol. The minimum absolute atomic E-state index is 0.00646. The first-order valence-electron chi connectivity index (χ1n) is 5.67. The SMILES string of the molecule is Nc1cc(NC2(CO)CCC2)cc(S(N)(=O)=O)c1. The van der Waals surface area contributed by atoms with Crippen molar-refractivity contribution < 1.29 is 13.5 Å². The molecule has 0 aromatic heterocycles. The smallest absolute Gasteiger partial charge is 0.238 e. The highest BCUT2D eigenvalue weighted by Crippen LogP contribution is 2.35. The molecule has 0 spiro atoms. The van der Waals surface area contributed by atoms with E-state index in [4.69, 9.17) is 10.9 Å². The lowest BCUT2D eigenvalue weighted by Crippen LogP contribution is -2.48. The van der Waals surface area contributed by atoms with Gasteiger partial charge in [0.2, 0.25) is 10.0 Å². The molecule has 1 fully saturated rings. The van der Waals surface area contributed by atoms with E-state index >= 15 is 0 Å². The third kappa shape index (κ3) is 2.58. The number of aliphatic hydroxyl groups excluding tert-OH is 1. The number of nitrogens with one attached hydrogen (secondary N) is 1. The van der Waals surface area contributed by atoms with Crippen molar-refractivity contribution in [2.45, 2.75) is 29.7 Å². The molecule has 0 atom stereocenters. The molecule has 1 aromatic rings. The number of anilines is 2. The Hall–Kier alpha value is -1.31. The quantitative estimate of drug-likeness (QED) is 0.585. The van der Waals surface area contributed by atoms with Crippen LogP contribution in [0.3, 0.4) is 0 Å². The van der Waals surface area contributed by atoms with Crippen LogP contribution in [0.15, 0.2) is 23.1 Å². The number of hydrogen-bond donors (Lipinski definition) is 4. The number of nitrogens with two attached hydrogens (primary N) is 2. The van der Waals surface area contributed by atoms with Crippen LogP contribution in [0.1, 0.15) is 19.3 Å². The maximum atomic E-state index is 11.3. The molecule has 1 aliphatic carbocycles. The molecule has 100 valence electrons. The Bertz CT molecular complexity index is 547. The minimum atomic E-state index is -3.78. The highest BCUT2D eigenvalue weighted by atomic mass is 32.2. The summed E-state index contributed by atoms with van der Waals surface area (Å²) in [4.78, 5) is -0.0302. The van der Waals surface area contributed by atoms with E-state index in [1.807, 2.05) is 0 Å². The molecule has 6 N–H and O–H groups in total. The molecule has 6 nitrogen and oxygen atoms in total. The summed E-state index contributed by atoms with van der Waals surface area (Å²) in [6.45, 7) is 0.00646. The first kappa shape index (κ1) is 13.1. The van der Waals surface area contributed by atoms with Gasteiger partial charge in [-0.2, -0.15) is 0 Å². The van der Waals surface area contributed by atoms with Crippen LogP contribution in [-0.4, -0.2) is 25.7 Å². The second-order valence-corrected chi connectivity index (χ2v) is 6.31. The zero-order chi connectivity index (χ0) is 13.4. The summed E-state index contributed by atoms with van der Waals surface area (Å²) in [5.74, 6) is 0. The molecule has 2 rings (SSSR count). The van der Waals surface area contributed by atoms with E-state index in [1.165, 1.54) is 12.1 Å². The normalized spacial score (nSPS) is 18.1. The summed E-state index contributed by atoms with van der Waals surface area (Å²) < 4.78 is 22.6. The summed E-state index contributed by atoms with van der Waals surface area (Å²) in [5, 5.41) is 17.6. The molecule has 0 saturated heterocycles. The van der Waals surface area contributed by atoms with E-state index in [-0.39, 0.29) is 17.0 Å². The van der Waals surface area contributed by atoms with E-state index in [1.54, 1.807) is 6.07 Å². The van der Waals surface area contributed by atoms with Gasteiger partial charge in [-0.15, -0.1) is 0 Å². The van der Waals surface area contributed by atoms with Crippen molar-refractivity contribution in [1.82, 2.24) is 0 Å². The molecule has 7 heteroatoms. The molecule has 18 heavy (non-hydrogen) atoms. The Kier molecular flexibility index (Phi) is 3.22. The number of benzene rings is 1. The van der Waals surface area contributed by atoms with Gasteiger partial charge in [-0.3, -0.25) is 0 Å². The van der Waals surface area contributed by atoms with E-state index in [0.717, 1.165) is 19.3 Å². The van der Waals surface area contributed by atoms with Gasteiger partial charge in [-0.25, -0.2) is 13.6 Å². The van der Waals surface area contributed by atoms with Crippen molar-refractivity contribution in [3.05, 3.63) is 18.2 Å². The van der Waals surface area contributed by atoms with E-state index in [0.29, 0.717) is 11.4 Å². The molecule has 0 bridgehead atoms. The van der Waals surface area contributed by atoms with Crippen molar-refractivity contribution in [1.29, 1.82) is 0 Å². The maximum absolute atomic E-state index is 11.3. The van der Waals surface area contributed by atoms with Gasteiger partial charge in [0.1, 0.15) is 0 Å². The first-order chi connectivity index (χ1) is 8.35. The van der Waals surface area contributed by atoms with Gasteiger partial charge in [-0.05, 0) is 37.5 Å².